The number of ether oxygens (including phenoxy) is 1. The molecule has 3 rings (SSSR count). The summed E-state index contributed by atoms with van der Waals surface area (Å²) in [4.78, 5) is 11.5. The highest BCUT2D eigenvalue weighted by Crippen LogP contribution is 2.47. The molecule has 114 valence electrons. The van der Waals surface area contributed by atoms with Crippen molar-refractivity contribution in [2.45, 2.75) is 38.6 Å². The summed E-state index contributed by atoms with van der Waals surface area (Å²) in [7, 11) is 1.44. The van der Waals surface area contributed by atoms with Gasteiger partial charge in [0, 0.05) is 6.54 Å². The molecule has 2 saturated carbocycles. The molecule has 0 amide bonds. The van der Waals surface area contributed by atoms with E-state index >= 15 is 0 Å². The Morgan fingerprint density at radius 3 is 2.71 bits per heavy atom. The second-order valence-electron chi connectivity index (χ2n) is 6.59. The van der Waals surface area contributed by atoms with Crippen molar-refractivity contribution in [3.63, 3.8) is 0 Å². The zero-order chi connectivity index (χ0) is 14.7. The van der Waals surface area contributed by atoms with Crippen LogP contribution in [0, 0.1) is 17.8 Å². The molecule has 1 aromatic carbocycles. The molecule has 2 aliphatic rings. The number of benzene rings is 1. The first-order valence-corrected chi connectivity index (χ1v) is 8.10. The van der Waals surface area contributed by atoms with Crippen molar-refractivity contribution >= 4 is 5.97 Å². The fourth-order valence-corrected chi connectivity index (χ4v) is 4.15. The first kappa shape index (κ1) is 14.6. The van der Waals surface area contributed by atoms with Gasteiger partial charge in [-0.1, -0.05) is 30.7 Å². The van der Waals surface area contributed by atoms with Crippen LogP contribution in [0.5, 0.6) is 0 Å². The summed E-state index contributed by atoms with van der Waals surface area (Å²) >= 11 is 0. The predicted octanol–water partition coefficient (Wildman–Crippen LogP) is 2.93. The lowest BCUT2D eigenvalue weighted by Gasteiger charge is -2.22. The summed E-state index contributed by atoms with van der Waals surface area (Å²) < 4.78 is 4.77. The molecule has 1 aromatic rings. The van der Waals surface area contributed by atoms with E-state index in [1.54, 1.807) is 0 Å². The lowest BCUT2D eigenvalue weighted by molar-refractivity contribution is -0.139. The van der Waals surface area contributed by atoms with Crippen LogP contribution in [0.15, 0.2) is 24.3 Å². The second kappa shape index (κ2) is 6.61. The SMILES string of the molecule is COC(=O)Cc1ccccc1CNCC1CC2CCC1C2. The Morgan fingerprint density at radius 1 is 1.24 bits per heavy atom. The Hall–Kier alpha value is -1.35. The van der Waals surface area contributed by atoms with Crippen LogP contribution in [-0.2, 0) is 22.5 Å². The van der Waals surface area contributed by atoms with Gasteiger partial charge in [0.05, 0.1) is 13.5 Å². The molecule has 0 saturated heterocycles. The molecule has 3 atom stereocenters. The fraction of sp³-hybridized carbons (Fsp3) is 0.611. The predicted molar refractivity (Wildman–Crippen MR) is 82.8 cm³/mol. The molecule has 0 aromatic heterocycles. The van der Waals surface area contributed by atoms with Crippen molar-refractivity contribution in [2.24, 2.45) is 17.8 Å². The van der Waals surface area contributed by atoms with Crippen LogP contribution in [-0.4, -0.2) is 19.6 Å². The molecule has 0 aliphatic heterocycles. The van der Waals surface area contributed by atoms with Crippen LogP contribution in [0.4, 0.5) is 0 Å². The van der Waals surface area contributed by atoms with Gasteiger partial charge in [-0.05, 0) is 54.7 Å². The summed E-state index contributed by atoms with van der Waals surface area (Å²) in [5.41, 5.74) is 2.29. The molecule has 21 heavy (non-hydrogen) atoms. The van der Waals surface area contributed by atoms with Gasteiger partial charge in [-0.2, -0.15) is 0 Å². The van der Waals surface area contributed by atoms with E-state index in [4.69, 9.17) is 4.74 Å². The highest BCUT2D eigenvalue weighted by atomic mass is 16.5. The summed E-state index contributed by atoms with van der Waals surface area (Å²) in [6.07, 6.45) is 6.15. The molecule has 0 radical (unpaired) electrons. The van der Waals surface area contributed by atoms with E-state index in [-0.39, 0.29) is 5.97 Å². The zero-order valence-corrected chi connectivity index (χ0v) is 12.8. The first-order chi connectivity index (χ1) is 10.3. The monoisotopic (exact) mass is 287 g/mol. The smallest absolute Gasteiger partial charge is 0.309 e. The zero-order valence-electron chi connectivity index (χ0n) is 12.8. The van der Waals surface area contributed by atoms with Gasteiger partial charge < -0.3 is 10.1 Å². The Morgan fingerprint density at radius 2 is 2.05 bits per heavy atom. The quantitative estimate of drug-likeness (QED) is 0.818. The van der Waals surface area contributed by atoms with Crippen LogP contribution in [0.2, 0.25) is 0 Å². The van der Waals surface area contributed by atoms with Crippen molar-refractivity contribution in [3.05, 3.63) is 35.4 Å². The highest BCUT2D eigenvalue weighted by molar-refractivity contribution is 5.72. The van der Waals surface area contributed by atoms with Gasteiger partial charge in [-0.15, -0.1) is 0 Å². The van der Waals surface area contributed by atoms with Crippen LogP contribution in [0.1, 0.15) is 36.8 Å². The Labute approximate surface area is 127 Å². The number of nitrogens with one attached hydrogen (secondary N) is 1. The lowest BCUT2D eigenvalue weighted by Crippen LogP contribution is -2.26. The van der Waals surface area contributed by atoms with E-state index in [1.807, 2.05) is 18.2 Å². The van der Waals surface area contributed by atoms with E-state index in [2.05, 4.69) is 11.4 Å². The van der Waals surface area contributed by atoms with E-state index in [0.717, 1.165) is 36.4 Å². The summed E-state index contributed by atoms with van der Waals surface area (Å²) in [6, 6.07) is 8.14. The number of carbonyl (C=O) groups is 1. The van der Waals surface area contributed by atoms with E-state index in [0.29, 0.717) is 6.42 Å². The van der Waals surface area contributed by atoms with E-state index in [9.17, 15) is 4.79 Å². The third-order valence-electron chi connectivity index (χ3n) is 5.29. The number of fused-ring (bicyclic) bond motifs is 2. The maximum absolute atomic E-state index is 11.5. The lowest BCUT2D eigenvalue weighted by atomic mass is 9.89. The van der Waals surface area contributed by atoms with Crippen LogP contribution in [0.25, 0.3) is 0 Å². The number of rotatable bonds is 6. The normalized spacial score (nSPS) is 27.0. The van der Waals surface area contributed by atoms with E-state index in [1.165, 1.54) is 38.4 Å². The second-order valence-corrected chi connectivity index (χ2v) is 6.59. The maximum Gasteiger partial charge on any atom is 0.309 e. The van der Waals surface area contributed by atoms with Crippen molar-refractivity contribution in [1.82, 2.24) is 5.32 Å². The van der Waals surface area contributed by atoms with Gasteiger partial charge in [-0.25, -0.2) is 0 Å². The maximum atomic E-state index is 11.5. The first-order valence-electron chi connectivity index (χ1n) is 8.10. The summed E-state index contributed by atoms with van der Waals surface area (Å²) in [5, 5.41) is 3.61. The van der Waals surface area contributed by atoms with Gasteiger partial charge in [0.2, 0.25) is 0 Å². The third-order valence-corrected chi connectivity index (χ3v) is 5.29. The molecule has 3 heteroatoms. The third kappa shape index (κ3) is 3.46. The standard InChI is InChI=1S/C18H25NO2/c1-21-18(20)10-14-4-2-3-5-16(14)11-19-12-17-9-13-6-7-15(17)8-13/h2-5,13,15,17,19H,6-12H2,1H3. The molecule has 2 fully saturated rings. The molecule has 0 heterocycles. The molecule has 3 unspecified atom stereocenters. The molecule has 0 spiro atoms. The molecular weight excluding hydrogens is 262 g/mol. The van der Waals surface area contributed by atoms with Crippen molar-refractivity contribution in [3.8, 4) is 0 Å². The number of esters is 1. The topological polar surface area (TPSA) is 38.3 Å². The fourth-order valence-electron chi connectivity index (χ4n) is 4.15. The average Bonchev–Trinajstić information content (AvgIpc) is 3.11. The van der Waals surface area contributed by atoms with E-state index < -0.39 is 0 Å². The summed E-state index contributed by atoms with van der Waals surface area (Å²) in [6.45, 7) is 1.97. The number of carbonyl (C=O) groups excluding carboxylic acids is 1. The molecular formula is C18H25NO2. The van der Waals surface area contributed by atoms with Crippen LogP contribution in [0.3, 0.4) is 0 Å². The van der Waals surface area contributed by atoms with Gasteiger partial charge >= 0.3 is 5.97 Å². The number of methoxy groups -OCH3 is 1. The molecule has 3 nitrogen and oxygen atoms in total. The van der Waals surface area contributed by atoms with Crippen molar-refractivity contribution < 1.29 is 9.53 Å². The van der Waals surface area contributed by atoms with Gasteiger partial charge in [-0.3, -0.25) is 4.79 Å². The van der Waals surface area contributed by atoms with Crippen LogP contribution >= 0.6 is 0 Å². The largest absolute Gasteiger partial charge is 0.469 e. The van der Waals surface area contributed by atoms with Crippen molar-refractivity contribution in [1.29, 1.82) is 0 Å². The van der Waals surface area contributed by atoms with Gasteiger partial charge in [0.15, 0.2) is 0 Å². The highest BCUT2D eigenvalue weighted by Gasteiger charge is 2.38. The molecule has 2 bridgehead atoms. The van der Waals surface area contributed by atoms with Gasteiger partial charge in [0.1, 0.15) is 0 Å². The van der Waals surface area contributed by atoms with Crippen LogP contribution < -0.4 is 5.32 Å². The Bertz CT molecular complexity index is 500. The summed E-state index contributed by atoms with van der Waals surface area (Å²) in [5.74, 6) is 2.67. The number of hydrogen-bond donors (Lipinski definition) is 1. The minimum absolute atomic E-state index is 0.171. The van der Waals surface area contributed by atoms with Gasteiger partial charge in [0.25, 0.3) is 0 Å². The average molecular weight is 287 g/mol. The minimum atomic E-state index is -0.171. The molecule has 1 N–H and O–H groups in total. The number of hydrogen-bond acceptors (Lipinski definition) is 3. The van der Waals surface area contributed by atoms with Crippen molar-refractivity contribution in [2.75, 3.05) is 13.7 Å². The Kier molecular flexibility index (Phi) is 4.59. The molecule has 2 aliphatic carbocycles. The Balaban J connectivity index is 1.52. The minimum Gasteiger partial charge on any atom is -0.469 e.